The minimum absolute atomic E-state index is 0.199. The molecule has 1 heterocycles. The summed E-state index contributed by atoms with van der Waals surface area (Å²) in [5, 5.41) is 2.91. The van der Waals surface area contributed by atoms with Gasteiger partial charge in [-0.3, -0.25) is 4.79 Å². The van der Waals surface area contributed by atoms with Crippen LogP contribution in [0.1, 0.15) is 30.1 Å². The number of ether oxygens (including phenoxy) is 2. The van der Waals surface area contributed by atoms with E-state index in [-0.39, 0.29) is 11.9 Å². The zero-order chi connectivity index (χ0) is 17.2. The lowest BCUT2D eigenvalue weighted by atomic mass is 10.1. The van der Waals surface area contributed by atoms with E-state index < -0.39 is 18.2 Å². The third kappa shape index (κ3) is 3.50. The maximum atomic E-state index is 12.6. The number of fused-ring (bicyclic) bond motifs is 1. The summed E-state index contributed by atoms with van der Waals surface area (Å²) >= 11 is 0. The Kier molecular flexibility index (Phi) is 4.14. The van der Waals surface area contributed by atoms with Crippen molar-refractivity contribution in [2.24, 2.45) is 0 Å². The topological polar surface area (TPSA) is 64.6 Å². The SMILES string of the molecule is O=C(O[C@H](C(=O)NC1CC1)c1ccccc1)[C@@H]1Cc2ccccc2O1. The van der Waals surface area contributed by atoms with E-state index in [1.165, 1.54) is 0 Å². The van der Waals surface area contributed by atoms with Crippen LogP contribution >= 0.6 is 0 Å². The van der Waals surface area contributed by atoms with Crippen molar-refractivity contribution in [2.45, 2.75) is 37.5 Å². The van der Waals surface area contributed by atoms with Crippen molar-refractivity contribution >= 4 is 11.9 Å². The second kappa shape index (κ2) is 6.59. The molecule has 1 aliphatic carbocycles. The number of hydrogen-bond donors (Lipinski definition) is 1. The molecule has 0 bridgehead atoms. The molecule has 1 saturated carbocycles. The number of nitrogens with one attached hydrogen (secondary N) is 1. The molecule has 0 spiro atoms. The molecule has 1 amide bonds. The molecule has 128 valence electrons. The lowest BCUT2D eigenvalue weighted by Gasteiger charge is -2.20. The molecule has 2 aromatic rings. The molecule has 0 unspecified atom stereocenters. The van der Waals surface area contributed by atoms with E-state index in [1.54, 1.807) is 12.1 Å². The molecule has 25 heavy (non-hydrogen) atoms. The van der Waals surface area contributed by atoms with Crippen LogP contribution in [-0.2, 0) is 20.7 Å². The normalized spacial score (nSPS) is 19.4. The van der Waals surface area contributed by atoms with Crippen LogP contribution in [0.3, 0.4) is 0 Å². The van der Waals surface area contributed by atoms with Crippen LogP contribution in [0, 0.1) is 0 Å². The largest absolute Gasteiger partial charge is 0.478 e. The van der Waals surface area contributed by atoms with Crippen molar-refractivity contribution < 1.29 is 19.1 Å². The molecule has 5 nitrogen and oxygen atoms in total. The Morgan fingerprint density at radius 2 is 1.76 bits per heavy atom. The Balaban J connectivity index is 1.48. The summed E-state index contributed by atoms with van der Waals surface area (Å²) in [4.78, 5) is 25.1. The number of para-hydroxylation sites is 1. The van der Waals surface area contributed by atoms with Crippen LogP contribution in [0.15, 0.2) is 54.6 Å². The fourth-order valence-electron chi connectivity index (χ4n) is 2.91. The van der Waals surface area contributed by atoms with E-state index >= 15 is 0 Å². The van der Waals surface area contributed by atoms with Gasteiger partial charge in [0.1, 0.15) is 5.75 Å². The average Bonchev–Trinajstić information content (AvgIpc) is 3.34. The molecule has 0 aromatic heterocycles. The first-order chi connectivity index (χ1) is 12.2. The predicted octanol–water partition coefficient (Wildman–Crippen LogP) is 2.55. The van der Waals surface area contributed by atoms with Crippen molar-refractivity contribution in [1.82, 2.24) is 5.32 Å². The van der Waals surface area contributed by atoms with Gasteiger partial charge in [-0.1, -0.05) is 48.5 Å². The van der Waals surface area contributed by atoms with E-state index in [9.17, 15) is 9.59 Å². The zero-order valence-electron chi connectivity index (χ0n) is 13.7. The van der Waals surface area contributed by atoms with Gasteiger partial charge >= 0.3 is 5.97 Å². The highest BCUT2D eigenvalue weighted by Gasteiger charge is 2.35. The molecule has 1 fully saturated rings. The van der Waals surface area contributed by atoms with E-state index in [0.29, 0.717) is 17.7 Å². The molecule has 1 aliphatic heterocycles. The maximum Gasteiger partial charge on any atom is 0.348 e. The van der Waals surface area contributed by atoms with Crippen LogP contribution < -0.4 is 10.1 Å². The molecule has 2 aromatic carbocycles. The van der Waals surface area contributed by atoms with Gasteiger partial charge in [0.05, 0.1) is 0 Å². The van der Waals surface area contributed by atoms with Gasteiger partial charge in [0, 0.05) is 18.0 Å². The number of carbonyl (C=O) groups excluding carboxylic acids is 2. The van der Waals surface area contributed by atoms with Crippen molar-refractivity contribution in [2.75, 3.05) is 0 Å². The number of amides is 1. The van der Waals surface area contributed by atoms with Gasteiger partial charge in [-0.15, -0.1) is 0 Å². The molecule has 2 aliphatic rings. The minimum Gasteiger partial charge on any atom is -0.478 e. The Morgan fingerprint density at radius 1 is 1.04 bits per heavy atom. The Morgan fingerprint density at radius 3 is 2.48 bits per heavy atom. The summed E-state index contributed by atoms with van der Waals surface area (Å²) in [6, 6.07) is 16.8. The smallest absolute Gasteiger partial charge is 0.348 e. The van der Waals surface area contributed by atoms with Crippen LogP contribution in [0.25, 0.3) is 0 Å². The number of esters is 1. The second-order valence-corrected chi connectivity index (χ2v) is 6.43. The summed E-state index contributed by atoms with van der Waals surface area (Å²) in [5.74, 6) is -0.100. The fraction of sp³-hybridized carbons (Fsp3) is 0.300. The summed E-state index contributed by atoms with van der Waals surface area (Å²) in [6.45, 7) is 0. The molecule has 5 heteroatoms. The second-order valence-electron chi connectivity index (χ2n) is 6.43. The highest BCUT2D eigenvalue weighted by atomic mass is 16.6. The highest BCUT2D eigenvalue weighted by Crippen LogP contribution is 2.30. The van der Waals surface area contributed by atoms with Gasteiger partial charge in [-0.05, 0) is 24.5 Å². The molecular formula is C20H19NO4. The third-order valence-corrected chi connectivity index (χ3v) is 4.41. The van der Waals surface area contributed by atoms with Gasteiger partial charge < -0.3 is 14.8 Å². The molecular weight excluding hydrogens is 318 g/mol. The first-order valence-electron chi connectivity index (χ1n) is 8.51. The van der Waals surface area contributed by atoms with Crippen LogP contribution in [0.2, 0.25) is 0 Å². The average molecular weight is 337 g/mol. The summed E-state index contributed by atoms with van der Waals surface area (Å²) < 4.78 is 11.2. The Labute approximate surface area is 145 Å². The molecule has 0 saturated heterocycles. The van der Waals surface area contributed by atoms with Gasteiger partial charge in [0.2, 0.25) is 6.10 Å². The zero-order valence-corrected chi connectivity index (χ0v) is 13.7. The monoisotopic (exact) mass is 337 g/mol. The Bertz CT molecular complexity index is 760. The summed E-state index contributed by atoms with van der Waals surface area (Å²) in [7, 11) is 0. The molecule has 0 radical (unpaired) electrons. The minimum atomic E-state index is -0.957. The standard InChI is InChI=1S/C20H19NO4/c22-19(21-15-10-11-15)18(13-6-2-1-3-7-13)25-20(23)17-12-14-8-4-5-9-16(14)24-17/h1-9,15,17-18H,10-12H2,(H,21,22)/t17-,18-/m0/s1. The lowest BCUT2D eigenvalue weighted by Crippen LogP contribution is -2.36. The highest BCUT2D eigenvalue weighted by molar-refractivity contribution is 5.86. The first-order valence-corrected chi connectivity index (χ1v) is 8.51. The van der Waals surface area contributed by atoms with E-state index in [2.05, 4.69) is 5.32 Å². The van der Waals surface area contributed by atoms with Gasteiger partial charge in [-0.25, -0.2) is 4.79 Å². The number of rotatable bonds is 5. The Hall–Kier alpha value is -2.82. The lowest BCUT2D eigenvalue weighted by molar-refractivity contribution is -0.162. The molecule has 1 N–H and O–H groups in total. The number of hydrogen-bond acceptors (Lipinski definition) is 4. The van der Waals surface area contributed by atoms with Crippen molar-refractivity contribution in [3.8, 4) is 5.75 Å². The quantitative estimate of drug-likeness (QED) is 0.852. The number of benzene rings is 2. The fourth-order valence-corrected chi connectivity index (χ4v) is 2.91. The summed E-state index contributed by atoms with van der Waals surface area (Å²) in [6.07, 6.45) is 0.740. The van der Waals surface area contributed by atoms with Crippen LogP contribution in [0.4, 0.5) is 0 Å². The van der Waals surface area contributed by atoms with Crippen LogP contribution in [-0.4, -0.2) is 24.0 Å². The molecule has 2 atom stereocenters. The first kappa shape index (κ1) is 15.7. The molecule has 4 rings (SSSR count). The van der Waals surface area contributed by atoms with Gasteiger partial charge in [0.25, 0.3) is 5.91 Å². The van der Waals surface area contributed by atoms with E-state index in [0.717, 1.165) is 18.4 Å². The van der Waals surface area contributed by atoms with Crippen LogP contribution in [0.5, 0.6) is 5.75 Å². The number of carbonyl (C=O) groups is 2. The third-order valence-electron chi connectivity index (χ3n) is 4.41. The van der Waals surface area contributed by atoms with Gasteiger partial charge in [-0.2, -0.15) is 0 Å². The van der Waals surface area contributed by atoms with Crippen molar-refractivity contribution in [3.05, 3.63) is 65.7 Å². The van der Waals surface area contributed by atoms with Gasteiger partial charge in [0.15, 0.2) is 6.10 Å². The van der Waals surface area contributed by atoms with Crippen molar-refractivity contribution in [1.29, 1.82) is 0 Å². The summed E-state index contributed by atoms with van der Waals surface area (Å²) in [5.41, 5.74) is 1.63. The predicted molar refractivity (Wildman–Crippen MR) is 91.0 cm³/mol. The van der Waals surface area contributed by atoms with E-state index in [4.69, 9.17) is 9.47 Å². The van der Waals surface area contributed by atoms with E-state index in [1.807, 2.05) is 42.5 Å². The maximum absolute atomic E-state index is 12.6. The van der Waals surface area contributed by atoms with Crippen molar-refractivity contribution in [3.63, 3.8) is 0 Å².